The Balaban J connectivity index is 1.69. The van der Waals surface area contributed by atoms with Crippen molar-refractivity contribution in [2.24, 2.45) is 0 Å². The van der Waals surface area contributed by atoms with Crippen LogP contribution in [0.15, 0.2) is 73.3 Å². The third-order valence-corrected chi connectivity index (χ3v) is 5.30. The van der Waals surface area contributed by atoms with E-state index in [1.807, 2.05) is 60.6 Å². The van der Waals surface area contributed by atoms with Crippen LogP contribution in [0.1, 0.15) is 17.2 Å². The molecule has 32 heavy (non-hydrogen) atoms. The Morgan fingerprint density at radius 3 is 2.41 bits per heavy atom. The molecular formula is C24H26N8. The van der Waals surface area contributed by atoms with Gasteiger partial charge in [-0.1, -0.05) is 36.4 Å². The van der Waals surface area contributed by atoms with Crippen molar-refractivity contribution in [3.63, 3.8) is 0 Å². The third-order valence-electron chi connectivity index (χ3n) is 5.30. The first kappa shape index (κ1) is 21.3. The van der Waals surface area contributed by atoms with Gasteiger partial charge in [-0.15, -0.1) is 0 Å². The zero-order valence-electron chi connectivity index (χ0n) is 18.4. The number of hydrogen-bond donors (Lipinski definition) is 1. The van der Waals surface area contributed by atoms with E-state index in [-0.39, 0.29) is 12.0 Å². The van der Waals surface area contributed by atoms with Gasteiger partial charge in [-0.25, -0.2) is 15.0 Å². The summed E-state index contributed by atoms with van der Waals surface area (Å²) in [4.78, 5) is 26.4. The van der Waals surface area contributed by atoms with Crippen molar-refractivity contribution in [1.29, 1.82) is 0 Å². The summed E-state index contributed by atoms with van der Waals surface area (Å²) in [7, 11) is 6.03. The minimum Gasteiger partial charge on any atom is -0.368 e. The zero-order valence-corrected chi connectivity index (χ0v) is 18.4. The second-order valence-electron chi connectivity index (χ2n) is 7.71. The van der Waals surface area contributed by atoms with E-state index in [1.54, 1.807) is 18.6 Å². The number of pyridine rings is 1. The quantitative estimate of drug-likeness (QED) is 0.479. The molecule has 4 aromatic rings. The van der Waals surface area contributed by atoms with Crippen LogP contribution < -0.4 is 10.6 Å². The summed E-state index contributed by atoms with van der Waals surface area (Å²) >= 11 is 0. The van der Waals surface area contributed by atoms with Crippen LogP contribution in [0.3, 0.4) is 0 Å². The molecule has 2 N–H and O–H groups in total. The normalized spacial score (nSPS) is 12.0. The Labute approximate surface area is 187 Å². The van der Waals surface area contributed by atoms with E-state index in [9.17, 15) is 0 Å². The molecule has 0 spiro atoms. The Bertz CT molecular complexity index is 1160. The fraction of sp³-hybridized carbons (Fsp3) is 0.208. The van der Waals surface area contributed by atoms with Crippen molar-refractivity contribution in [3.05, 3.63) is 84.4 Å². The predicted molar refractivity (Wildman–Crippen MR) is 126 cm³/mol. The summed E-state index contributed by atoms with van der Waals surface area (Å²) in [6.45, 7) is 0. The maximum absolute atomic E-state index is 5.96. The van der Waals surface area contributed by atoms with Crippen LogP contribution in [0.2, 0.25) is 0 Å². The van der Waals surface area contributed by atoms with Crippen molar-refractivity contribution in [1.82, 2.24) is 29.8 Å². The smallest absolute Gasteiger partial charge is 0.221 e. The molecule has 3 aromatic heterocycles. The van der Waals surface area contributed by atoms with E-state index < -0.39 is 0 Å². The maximum atomic E-state index is 5.96. The van der Waals surface area contributed by atoms with Crippen molar-refractivity contribution in [2.45, 2.75) is 12.5 Å². The molecule has 0 amide bonds. The number of nitrogens with zero attached hydrogens (tertiary/aromatic N) is 7. The number of anilines is 3. The number of hydrogen-bond acceptors (Lipinski definition) is 8. The third kappa shape index (κ3) is 4.70. The van der Waals surface area contributed by atoms with Crippen molar-refractivity contribution < 1.29 is 0 Å². The number of likely N-dealkylation sites (N-methyl/N-ethyl adjacent to an activating group) is 1. The minimum absolute atomic E-state index is 0.105. The first-order valence-corrected chi connectivity index (χ1v) is 10.3. The molecule has 162 valence electrons. The highest BCUT2D eigenvalue weighted by Crippen LogP contribution is 2.30. The van der Waals surface area contributed by atoms with E-state index in [2.05, 4.69) is 45.0 Å². The lowest BCUT2D eigenvalue weighted by Crippen LogP contribution is -2.24. The molecule has 0 fully saturated rings. The van der Waals surface area contributed by atoms with Gasteiger partial charge in [0.15, 0.2) is 5.82 Å². The van der Waals surface area contributed by atoms with Crippen molar-refractivity contribution >= 4 is 17.6 Å². The van der Waals surface area contributed by atoms with Gasteiger partial charge in [0.05, 0.1) is 0 Å². The predicted octanol–water partition coefficient (Wildman–Crippen LogP) is 3.52. The second kappa shape index (κ2) is 9.49. The first-order valence-electron chi connectivity index (χ1n) is 10.3. The van der Waals surface area contributed by atoms with Gasteiger partial charge in [0.25, 0.3) is 0 Å². The van der Waals surface area contributed by atoms with Gasteiger partial charge in [0.2, 0.25) is 5.95 Å². The van der Waals surface area contributed by atoms with E-state index >= 15 is 0 Å². The largest absolute Gasteiger partial charge is 0.368 e. The van der Waals surface area contributed by atoms with Crippen LogP contribution in [0.5, 0.6) is 0 Å². The molecule has 8 heteroatoms. The fourth-order valence-electron chi connectivity index (χ4n) is 3.60. The van der Waals surface area contributed by atoms with Gasteiger partial charge in [-0.05, 0) is 38.2 Å². The number of nitrogens with two attached hydrogens (primary N) is 1. The Morgan fingerprint density at radius 2 is 1.69 bits per heavy atom. The lowest BCUT2D eigenvalue weighted by Gasteiger charge is -2.27. The summed E-state index contributed by atoms with van der Waals surface area (Å²) in [5.74, 6) is 2.31. The molecule has 0 saturated carbocycles. The van der Waals surface area contributed by atoms with Crippen LogP contribution >= 0.6 is 0 Å². The number of rotatable bonds is 7. The van der Waals surface area contributed by atoms with Crippen molar-refractivity contribution in [3.8, 4) is 11.4 Å². The number of nitrogen functional groups attached to an aromatic ring is 1. The molecule has 1 unspecified atom stereocenters. The first-order chi connectivity index (χ1) is 15.5. The molecule has 0 aliphatic heterocycles. The van der Waals surface area contributed by atoms with Crippen LogP contribution in [-0.2, 0) is 6.42 Å². The molecule has 0 radical (unpaired) electrons. The Hall–Kier alpha value is -3.91. The average molecular weight is 427 g/mol. The highest BCUT2D eigenvalue weighted by Gasteiger charge is 2.21. The second-order valence-corrected chi connectivity index (χ2v) is 7.71. The lowest BCUT2D eigenvalue weighted by molar-refractivity contribution is 0.297. The highest BCUT2D eigenvalue weighted by atomic mass is 15.2. The van der Waals surface area contributed by atoms with E-state index in [1.165, 1.54) is 0 Å². The SMILES string of the molecule is CN(c1ccnc(-c2ccccc2)n1)c1nc(N)ncc1CC(c1cccnc1)N(C)C. The lowest BCUT2D eigenvalue weighted by atomic mass is 10.0. The minimum atomic E-state index is 0.105. The van der Waals surface area contributed by atoms with Crippen LogP contribution in [0.4, 0.5) is 17.6 Å². The Kier molecular flexibility index (Phi) is 6.32. The van der Waals surface area contributed by atoms with E-state index in [0.29, 0.717) is 18.1 Å². The van der Waals surface area contributed by atoms with Gasteiger partial charge in [-0.2, -0.15) is 4.98 Å². The molecule has 0 aliphatic rings. The molecule has 4 rings (SSSR count). The topological polar surface area (TPSA) is 97.0 Å². The van der Waals surface area contributed by atoms with Gasteiger partial charge in [0.1, 0.15) is 11.6 Å². The molecule has 0 aliphatic carbocycles. The average Bonchev–Trinajstić information content (AvgIpc) is 2.83. The Morgan fingerprint density at radius 1 is 0.875 bits per heavy atom. The molecule has 0 saturated heterocycles. The molecular weight excluding hydrogens is 400 g/mol. The summed E-state index contributed by atoms with van der Waals surface area (Å²) in [6.07, 6.45) is 7.91. The van der Waals surface area contributed by atoms with E-state index in [0.717, 1.165) is 22.5 Å². The zero-order chi connectivity index (χ0) is 22.5. The summed E-state index contributed by atoms with van der Waals surface area (Å²) < 4.78 is 0. The number of benzene rings is 1. The highest BCUT2D eigenvalue weighted by molar-refractivity contribution is 5.63. The molecule has 1 aromatic carbocycles. The van der Waals surface area contributed by atoms with Gasteiger partial charge in [-0.3, -0.25) is 4.98 Å². The summed E-state index contributed by atoms with van der Waals surface area (Å²) in [5.41, 5.74) is 9.00. The molecule has 8 nitrogen and oxygen atoms in total. The summed E-state index contributed by atoms with van der Waals surface area (Å²) in [6, 6.07) is 15.9. The standard InChI is InChI=1S/C24H26N8/c1-31(2)20(18-10-7-12-26-15-18)14-19-16-28-24(25)30-23(19)32(3)21-11-13-27-22(29-21)17-8-5-4-6-9-17/h4-13,15-16,20H,14H2,1-3H3,(H2,25,28,30). The van der Waals surface area contributed by atoms with Gasteiger partial charge < -0.3 is 15.5 Å². The number of aromatic nitrogens is 5. The molecule has 0 bridgehead atoms. The van der Waals surface area contributed by atoms with Crippen LogP contribution in [0.25, 0.3) is 11.4 Å². The summed E-state index contributed by atoms with van der Waals surface area (Å²) in [5, 5.41) is 0. The molecule has 3 heterocycles. The fourth-order valence-corrected chi connectivity index (χ4v) is 3.60. The maximum Gasteiger partial charge on any atom is 0.221 e. The van der Waals surface area contributed by atoms with E-state index in [4.69, 9.17) is 10.7 Å². The van der Waals surface area contributed by atoms with Gasteiger partial charge >= 0.3 is 0 Å². The van der Waals surface area contributed by atoms with Crippen molar-refractivity contribution in [2.75, 3.05) is 31.8 Å². The molecule has 1 atom stereocenters. The monoisotopic (exact) mass is 426 g/mol. The van der Waals surface area contributed by atoms with Gasteiger partial charge in [0, 0.05) is 49.0 Å². The van der Waals surface area contributed by atoms with Crippen LogP contribution in [-0.4, -0.2) is 51.0 Å². The van der Waals surface area contributed by atoms with Crippen LogP contribution in [0, 0.1) is 0 Å².